The molecule has 1 aliphatic heterocycles. The van der Waals surface area contributed by atoms with Gasteiger partial charge < -0.3 is 10.1 Å². The van der Waals surface area contributed by atoms with Crippen LogP contribution in [0.5, 0.6) is 5.75 Å². The summed E-state index contributed by atoms with van der Waals surface area (Å²) in [5.41, 5.74) is 6.60. The molecule has 2 atom stereocenters. The van der Waals surface area contributed by atoms with E-state index in [-0.39, 0.29) is 12.2 Å². The number of hydrogen-bond donors (Lipinski definition) is 4. The van der Waals surface area contributed by atoms with Gasteiger partial charge in [-0.1, -0.05) is 17.7 Å². The number of methoxy groups -OCH3 is 1. The zero-order chi connectivity index (χ0) is 20.3. The summed E-state index contributed by atoms with van der Waals surface area (Å²) in [5, 5.41) is 1.21. The Bertz CT molecular complexity index is 966. The Morgan fingerprint density at radius 3 is 2.57 bits per heavy atom. The highest BCUT2D eigenvalue weighted by atomic mass is 32.2. The van der Waals surface area contributed by atoms with Crippen LogP contribution in [0, 0.1) is 18.7 Å². The fourth-order valence-electron chi connectivity index (χ4n) is 2.80. The summed E-state index contributed by atoms with van der Waals surface area (Å²) in [5.74, 6) is -1.96. The summed E-state index contributed by atoms with van der Waals surface area (Å²) in [7, 11) is -2.53. The molecule has 3 rings (SSSR count). The summed E-state index contributed by atoms with van der Waals surface area (Å²) < 4.78 is 46.9. The van der Waals surface area contributed by atoms with Crippen molar-refractivity contribution in [2.24, 2.45) is 5.92 Å². The van der Waals surface area contributed by atoms with Crippen molar-refractivity contribution in [1.82, 2.24) is 10.9 Å². The normalized spacial score (nSPS) is 19.2. The fourth-order valence-corrected chi connectivity index (χ4v) is 4.28. The Hall–Kier alpha value is -2.69. The minimum atomic E-state index is -3.93. The molecule has 1 aliphatic rings. The maximum absolute atomic E-state index is 14.1. The summed E-state index contributed by atoms with van der Waals surface area (Å²) in [4.78, 5) is 12.6. The first-order valence-corrected chi connectivity index (χ1v) is 10.1. The first kappa shape index (κ1) is 20.1. The molecule has 28 heavy (non-hydrogen) atoms. The molecule has 150 valence electrons. The number of carbonyl (C=O) groups excluding carboxylic acids is 1. The predicted molar refractivity (Wildman–Crippen MR) is 104 cm³/mol. The second-order valence-corrected chi connectivity index (χ2v) is 8.20. The number of anilines is 2. The number of hydrazine groups is 1. The average molecular weight is 408 g/mol. The van der Waals surface area contributed by atoms with Crippen LogP contribution in [0.15, 0.2) is 42.5 Å². The molecule has 1 saturated heterocycles. The van der Waals surface area contributed by atoms with Crippen LogP contribution in [-0.4, -0.2) is 33.4 Å². The van der Waals surface area contributed by atoms with E-state index >= 15 is 0 Å². The predicted octanol–water partition coefficient (Wildman–Crippen LogP) is 1.57. The fraction of sp³-hybridized carbons (Fsp3) is 0.278. The summed E-state index contributed by atoms with van der Waals surface area (Å²) >= 11 is 0. The lowest BCUT2D eigenvalue weighted by atomic mass is 10.1. The third-order valence-electron chi connectivity index (χ3n) is 4.35. The van der Waals surface area contributed by atoms with Gasteiger partial charge in [-0.05, 0) is 31.2 Å². The standard InChI is InChI=1S/C18H21FN4O4S/c1-11-3-5-12(6-4-11)23-28(25,26)18-14(10-20-22-18)17(24)21-16-8-7-13(27-2)9-15(16)19/h3-9,14,18,20,22-23H,10H2,1-2H3,(H,21,24). The second kappa shape index (κ2) is 8.13. The van der Waals surface area contributed by atoms with Gasteiger partial charge in [0.1, 0.15) is 11.6 Å². The van der Waals surface area contributed by atoms with E-state index in [4.69, 9.17) is 4.74 Å². The molecule has 0 aromatic heterocycles. The summed E-state index contributed by atoms with van der Waals surface area (Å²) in [6.07, 6.45) is 0. The molecule has 10 heteroatoms. The van der Waals surface area contributed by atoms with Gasteiger partial charge in [0.15, 0.2) is 5.37 Å². The van der Waals surface area contributed by atoms with Gasteiger partial charge in [0.25, 0.3) is 10.0 Å². The molecule has 4 N–H and O–H groups in total. The van der Waals surface area contributed by atoms with Gasteiger partial charge in [-0.2, -0.15) is 0 Å². The highest BCUT2D eigenvalue weighted by molar-refractivity contribution is 7.93. The lowest BCUT2D eigenvalue weighted by molar-refractivity contribution is -0.119. The molecule has 0 saturated carbocycles. The van der Waals surface area contributed by atoms with Crippen LogP contribution >= 0.6 is 0 Å². The van der Waals surface area contributed by atoms with Crippen molar-refractivity contribution in [2.45, 2.75) is 12.3 Å². The van der Waals surface area contributed by atoms with Gasteiger partial charge >= 0.3 is 0 Å². The van der Waals surface area contributed by atoms with E-state index in [1.54, 1.807) is 24.3 Å². The molecule has 0 bridgehead atoms. The Balaban J connectivity index is 1.74. The molecule has 0 radical (unpaired) electrons. The van der Waals surface area contributed by atoms with E-state index in [9.17, 15) is 17.6 Å². The molecule has 1 amide bonds. The molecular weight excluding hydrogens is 387 g/mol. The van der Waals surface area contributed by atoms with Gasteiger partial charge in [0.05, 0.1) is 18.7 Å². The first-order valence-electron chi connectivity index (χ1n) is 8.51. The number of rotatable bonds is 6. The van der Waals surface area contributed by atoms with Gasteiger partial charge in [0.2, 0.25) is 5.91 Å². The quantitative estimate of drug-likeness (QED) is 0.578. The number of sulfonamides is 1. The van der Waals surface area contributed by atoms with Crippen molar-refractivity contribution in [3.63, 3.8) is 0 Å². The van der Waals surface area contributed by atoms with Crippen molar-refractivity contribution in [3.8, 4) is 5.75 Å². The summed E-state index contributed by atoms with van der Waals surface area (Å²) in [6, 6.07) is 10.8. The van der Waals surface area contributed by atoms with Crippen LogP contribution in [-0.2, 0) is 14.8 Å². The van der Waals surface area contributed by atoms with Crippen LogP contribution < -0.4 is 25.6 Å². The number of halogens is 1. The largest absolute Gasteiger partial charge is 0.497 e. The van der Waals surface area contributed by atoms with E-state index in [1.165, 1.54) is 19.2 Å². The third-order valence-corrected chi connectivity index (χ3v) is 5.98. The Morgan fingerprint density at radius 2 is 1.93 bits per heavy atom. The lowest BCUT2D eigenvalue weighted by Gasteiger charge is -2.20. The average Bonchev–Trinajstić information content (AvgIpc) is 3.16. The first-order chi connectivity index (χ1) is 13.3. The van der Waals surface area contributed by atoms with Crippen LogP contribution in [0.4, 0.5) is 15.8 Å². The van der Waals surface area contributed by atoms with Gasteiger partial charge in [0, 0.05) is 18.3 Å². The molecule has 2 aromatic carbocycles. The van der Waals surface area contributed by atoms with E-state index in [1.807, 2.05) is 6.92 Å². The van der Waals surface area contributed by atoms with Gasteiger partial charge in [-0.3, -0.25) is 14.9 Å². The number of ether oxygens (including phenoxy) is 1. The smallest absolute Gasteiger partial charge is 0.250 e. The zero-order valence-corrected chi connectivity index (χ0v) is 16.1. The number of hydrogen-bond acceptors (Lipinski definition) is 6. The van der Waals surface area contributed by atoms with Crippen LogP contribution in [0.25, 0.3) is 0 Å². The Labute approximate surface area is 162 Å². The highest BCUT2D eigenvalue weighted by Crippen LogP contribution is 2.23. The Kier molecular flexibility index (Phi) is 5.82. The minimum absolute atomic E-state index is 0.0552. The number of nitrogens with one attached hydrogen (secondary N) is 4. The molecule has 8 nitrogen and oxygen atoms in total. The van der Waals surface area contributed by atoms with Crippen LogP contribution in [0.2, 0.25) is 0 Å². The van der Waals surface area contributed by atoms with Crippen molar-refractivity contribution in [3.05, 3.63) is 53.8 Å². The van der Waals surface area contributed by atoms with Crippen LogP contribution in [0.3, 0.4) is 0 Å². The van der Waals surface area contributed by atoms with Crippen molar-refractivity contribution in [1.29, 1.82) is 0 Å². The monoisotopic (exact) mass is 408 g/mol. The van der Waals surface area contributed by atoms with Crippen molar-refractivity contribution < 1.29 is 22.3 Å². The maximum atomic E-state index is 14.1. The molecule has 1 fully saturated rings. The SMILES string of the molecule is COc1ccc(NC(=O)C2CNNC2S(=O)(=O)Nc2ccc(C)cc2)c(F)c1. The summed E-state index contributed by atoms with van der Waals surface area (Å²) in [6.45, 7) is 1.96. The van der Waals surface area contributed by atoms with Gasteiger partial charge in [-0.25, -0.2) is 18.2 Å². The van der Waals surface area contributed by atoms with Crippen molar-refractivity contribution in [2.75, 3.05) is 23.7 Å². The molecule has 2 aromatic rings. The molecule has 1 heterocycles. The van der Waals surface area contributed by atoms with E-state index < -0.39 is 33.0 Å². The molecule has 0 spiro atoms. The number of aryl methyl sites for hydroxylation is 1. The van der Waals surface area contributed by atoms with E-state index in [2.05, 4.69) is 20.9 Å². The topological polar surface area (TPSA) is 109 Å². The highest BCUT2D eigenvalue weighted by Gasteiger charge is 2.42. The van der Waals surface area contributed by atoms with Crippen LogP contribution in [0.1, 0.15) is 5.56 Å². The van der Waals surface area contributed by atoms with E-state index in [0.29, 0.717) is 11.4 Å². The van der Waals surface area contributed by atoms with Crippen molar-refractivity contribution >= 4 is 27.3 Å². The molecular formula is C18H21FN4O4S. The lowest BCUT2D eigenvalue weighted by Crippen LogP contribution is -2.45. The molecule has 2 unspecified atom stereocenters. The van der Waals surface area contributed by atoms with Gasteiger partial charge in [-0.15, -0.1) is 0 Å². The number of benzene rings is 2. The molecule has 0 aliphatic carbocycles. The second-order valence-electron chi connectivity index (χ2n) is 6.40. The third kappa shape index (κ3) is 4.41. The number of carbonyl (C=O) groups is 1. The van der Waals surface area contributed by atoms with E-state index in [0.717, 1.165) is 11.6 Å². The maximum Gasteiger partial charge on any atom is 0.250 e. The minimum Gasteiger partial charge on any atom is -0.497 e. The number of amides is 1. The Morgan fingerprint density at radius 1 is 1.21 bits per heavy atom. The zero-order valence-electron chi connectivity index (χ0n) is 15.3.